The van der Waals surface area contributed by atoms with Crippen molar-refractivity contribution < 1.29 is 19.1 Å². The molecule has 2 aromatic carbocycles. The minimum atomic E-state index is -0.939. The van der Waals surface area contributed by atoms with Crippen LogP contribution in [0.3, 0.4) is 0 Å². The summed E-state index contributed by atoms with van der Waals surface area (Å²) in [6.07, 6.45) is 5.58. The lowest BCUT2D eigenvalue weighted by Crippen LogP contribution is -2.54. The summed E-state index contributed by atoms with van der Waals surface area (Å²) in [6.45, 7) is 10.4. The van der Waals surface area contributed by atoms with E-state index in [0.717, 1.165) is 18.4 Å². The van der Waals surface area contributed by atoms with Crippen molar-refractivity contribution in [2.45, 2.75) is 65.5 Å². The van der Waals surface area contributed by atoms with Crippen LogP contribution in [-0.4, -0.2) is 47.4 Å². The Bertz CT molecular complexity index is 1210. The van der Waals surface area contributed by atoms with Crippen LogP contribution in [-0.2, 0) is 14.3 Å². The SMILES string of the molecule is CC(C)(C)OC(=O)CC1CCN(C(=O)C(C)(C)C(C=Cc2ccccc2)NC(=O)c2ccc(C#N)cc2)CC1. The van der Waals surface area contributed by atoms with Gasteiger partial charge < -0.3 is 15.0 Å². The molecule has 1 atom stereocenters. The van der Waals surface area contributed by atoms with Crippen molar-refractivity contribution in [2.75, 3.05) is 13.1 Å². The molecular formula is C32H39N3O4. The Morgan fingerprint density at radius 2 is 1.64 bits per heavy atom. The van der Waals surface area contributed by atoms with E-state index in [4.69, 9.17) is 10.00 Å². The summed E-state index contributed by atoms with van der Waals surface area (Å²) in [5.41, 5.74) is 0.394. The van der Waals surface area contributed by atoms with Crippen LogP contribution in [0.1, 0.15) is 75.4 Å². The number of ether oxygens (including phenoxy) is 1. The zero-order chi connectivity index (χ0) is 28.6. The van der Waals surface area contributed by atoms with E-state index in [1.807, 2.05) is 82.0 Å². The third-order valence-corrected chi connectivity index (χ3v) is 6.95. The largest absolute Gasteiger partial charge is 0.460 e. The van der Waals surface area contributed by atoms with Gasteiger partial charge in [0.05, 0.1) is 23.1 Å². The van der Waals surface area contributed by atoms with Gasteiger partial charge in [-0.3, -0.25) is 14.4 Å². The zero-order valence-electron chi connectivity index (χ0n) is 23.6. The number of amides is 2. The number of nitrogens with zero attached hydrogens (tertiary/aromatic N) is 2. The number of piperidine rings is 1. The molecule has 0 radical (unpaired) electrons. The Morgan fingerprint density at radius 1 is 1.03 bits per heavy atom. The van der Waals surface area contributed by atoms with Gasteiger partial charge in [0.2, 0.25) is 5.91 Å². The molecule has 1 unspecified atom stereocenters. The van der Waals surface area contributed by atoms with Crippen LogP contribution in [0.5, 0.6) is 0 Å². The van der Waals surface area contributed by atoms with Gasteiger partial charge >= 0.3 is 5.97 Å². The summed E-state index contributed by atoms with van der Waals surface area (Å²) >= 11 is 0. The number of benzene rings is 2. The van der Waals surface area contributed by atoms with Gasteiger partial charge in [-0.25, -0.2) is 0 Å². The molecule has 0 bridgehead atoms. The fourth-order valence-corrected chi connectivity index (χ4v) is 4.66. The van der Waals surface area contributed by atoms with Gasteiger partial charge in [-0.1, -0.05) is 42.5 Å². The van der Waals surface area contributed by atoms with E-state index in [1.165, 1.54) is 0 Å². The van der Waals surface area contributed by atoms with E-state index < -0.39 is 17.1 Å². The molecule has 1 heterocycles. The summed E-state index contributed by atoms with van der Waals surface area (Å²) in [4.78, 5) is 41.1. The monoisotopic (exact) mass is 529 g/mol. The predicted molar refractivity (Wildman–Crippen MR) is 151 cm³/mol. The molecule has 7 nitrogen and oxygen atoms in total. The molecule has 1 aliphatic rings. The molecule has 1 N–H and O–H groups in total. The van der Waals surface area contributed by atoms with Crippen LogP contribution in [0, 0.1) is 22.7 Å². The Morgan fingerprint density at radius 3 is 2.21 bits per heavy atom. The second-order valence-electron chi connectivity index (χ2n) is 11.7. The Balaban J connectivity index is 1.73. The maximum atomic E-state index is 13.8. The average Bonchev–Trinajstić information content (AvgIpc) is 2.90. The fraction of sp³-hybridized carbons (Fsp3) is 0.438. The highest BCUT2D eigenvalue weighted by Crippen LogP contribution is 2.30. The smallest absolute Gasteiger partial charge is 0.306 e. The number of hydrogen-bond acceptors (Lipinski definition) is 5. The van der Waals surface area contributed by atoms with Gasteiger partial charge in [0.15, 0.2) is 0 Å². The Hall–Kier alpha value is -3.92. The number of nitrogens with one attached hydrogen (secondary N) is 1. The lowest BCUT2D eigenvalue weighted by molar-refractivity contribution is -0.156. The molecule has 0 spiro atoms. The molecule has 0 saturated carbocycles. The van der Waals surface area contributed by atoms with Crippen LogP contribution in [0.4, 0.5) is 0 Å². The van der Waals surface area contributed by atoms with Gasteiger partial charge in [-0.05, 0) is 83.2 Å². The number of carbonyl (C=O) groups excluding carboxylic acids is 3. The number of likely N-dealkylation sites (tertiary alicyclic amines) is 1. The molecule has 3 rings (SSSR count). The van der Waals surface area contributed by atoms with Crippen LogP contribution in [0.25, 0.3) is 6.08 Å². The van der Waals surface area contributed by atoms with Crippen molar-refractivity contribution in [1.29, 1.82) is 5.26 Å². The number of hydrogen-bond donors (Lipinski definition) is 1. The highest BCUT2D eigenvalue weighted by molar-refractivity contribution is 5.95. The van der Waals surface area contributed by atoms with Crippen molar-refractivity contribution in [1.82, 2.24) is 10.2 Å². The summed E-state index contributed by atoms with van der Waals surface area (Å²) < 4.78 is 5.47. The summed E-state index contributed by atoms with van der Waals surface area (Å²) in [6, 6.07) is 17.6. The van der Waals surface area contributed by atoms with Crippen LogP contribution >= 0.6 is 0 Å². The molecule has 206 valence electrons. The van der Waals surface area contributed by atoms with Crippen molar-refractivity contribution in [2.24, 2.45) is 11.3 Å². The first-order chi connectivity index (χ1) is 18.4. The average molecular weight is 530 g/mol. The molecule has 7 heteroatoms. The Labute approximate surface area is 231 Å². The van der Waals surface area contributed by atoms with E-state index >= 15 is 0 Å². The molecule has 1 saturated heterocycles. The molecule has 0 aliphatic carbocycles. The molecule has 1 aliphatic heterocycles. The molecule has 1 fully saturated rings. The van der Waals surface area contributed by atoms with Crippen molar-refractivity contribution in [3.8, 4) is 6.07 Å². The third kappa shape index (κ3) is 8.54. The Kier molecular flexibility index (Phi) is 9.69. The predicted octanol–water partition coefficient (Wildman–Crippen LogP) is 5.37. The van der Waals surface area contributed by atoms with Crippen LogP contribution in [0.15, 0.2) is 60.7 Å². The van der Waals surface area contributed by atoms with Crippen LogP contribution < -0.4 is 5.32 Å². The molecule has 39 heavy (non-hydrogen) atoms. The second-order valence-corrected chi connectivity index (χ2v) is 11.7. The highest BCUT2D eigenvalue weighted by atomic mass is 16.6. The normalized spacial score (nSPS) is 15.4. The van der Waals surface area contributed by atoms with Crippen molar-refractivity contribution in [3.05, 3.63) is 77.4 Å². The minimum absolute atomic E-state index is 0.0546. The summed E-state index contributed by atoms with van der Waals surface area (Å²) in [7, 11) is 0. The molecule has 0 aromatic heterocycles. The second kappa shape index (κ2) is 12.8. The van der Waals surface area contributed by atoms with E-state index in [9.17, 15) is 14.4 Å². The zero-order valence-corrected chi connectivity index (χ0v) is 23.6. The third-order valence-electron chi connectivity index (χ3n) is 6.95. The maximum Gasteiger partial charge on any atom is 0.306 e. The first-order valence-corrected chi connectivity index (χ1v) is 13.4. The quantitative estimate of drug-likeness (QED) is 0.464. The lowest BCUT2D eigenvalue weighted by atomic mass is 9.81. The number of carbonyl (C=O) groups is 3. The number of rotatable bonds is 8. The van der Waals surface area contributed by atoms with E-state index in [2.05, 4.69) is 11.4 Å². The van der Waals surface area contributed by atoms with E-state index in [1.54, 1.807) is 24.3 Å². The van der Waals surface area contributed by atoms with Gasteiger partial charge in [-0.15, -0.1) is 0 Å². The first-order valence-electron chi connectivity index (χ1n) is 13.4. The van der Waals surface area contributed by atoms with Crippen molar-refractivity contribution in [3.63, 3.8) is 0 Å². The van der Waals surface area contributed by atoms with Gasteiger partial charge in [0, 0.05) is 25.1 Å². The maximum absolute atomic E-state index is 13.8. The molecule has 2 amide bonds. The fourth-order valence-electron chi connectivity index (χ4n) is 4.66. The first kappa shape index (κ1) is 29.6. The van der Waals surface area contributed by atoms with E-state index in [0.29, 0.717) is 30.6 Å². The summed E-state index contributed by atoms with van der Waals surface area (Å²) in [5, 5.41) is 12.1. The topological polar surface area (TPSA) is 99.5 Å². The number of esters is 1. The number of nitriles is 1. The van der Waals surface area contributed by atoms with Gasteiger partial charge in [0.25, 0.3) is 5.91 Å². The standard InChI is InChI=1S/C32H39N3O4/c1-31(2,3)39-28(36)21-24-17-19-35(20-18-24)30(38)32(4,5)27(16-13-23-9-7-6-8-10-23)34-29(37)26-14-11-25(22-33)12-15-26/h6-16,24,27H,17-21H2,1-5H3,(H,34,37). The van der Waals surface area contributed by atoms with Gasteiger partial charge in [0.1, 0.15) is 5.60 Å². The van der Waals surface area contributed by atoms with Gasteiger partial charge in [-0.2, -0.15) is 5.26 Å². The lowest BCUT2D eigenvalue weighted by Gasteiger charge is -2.40. The van der Waals surface area contributed by atoms with E-state index in [-0.39, 0.29) is 23.7 Å². The molecular weight excluding hydrogens is 490 g/mol. The molecule has 2 aromatic rings. The highest BCUT2D eigenvalue weighted by Gasteiger charge is 2.40. The van der Waals surface area contributed by atoms with Crippen LogP contribution in [0.2, 0.25) is 0 Å². The minimum Gasteiger partial charge on any atom is -0.460 e. The van der Waals surface area contributed by atoms with Crippen molar-refractivity contribution >= 4 is 23.9 Å². The summed E-state index contributed by atoms with van der Waals surface area (Å²) in [5.74, 6) is -0.402.